The number of hydrogen-bond acceptors (Lipinski definition) is 2. The first kappa shape index (κ1) is 15.4. The van der Waals surface area contributed by atoms with Gasteiger partial charge in [0.25, 0.3) is 0 Å². The predicted molar refractivity (Wildman–Crippen MR) is 77.5 cm³/mol. The summed E-state index contributed by atoms with van der Waals surface area (Å²) in [5.41, 5.74) is 0.976. The van der Waals surface area contributed by atoms with Gasteiger partial charge in [0.1, 0.15) is 0 Å². The van der Waals surface area contributed by atoms with Gasteiger partial charge in [-0.3, -0.25) is 4.90 Å². The highest BCUT2D eigenvalue weighted by atomic mass is 19.2. The first-order valence-electron chi connectivity index (χ1n) is 7.42. The van der Waals surface area contributed by atoms with Crippen molar-refractivity contribution in [2.75, 3.05) is 13.1 Å². The second-order valence-electron chi connectivity index (χ2n) is 5.87. The fourth-order valence-corrected chi connectivity index (χ4v) is 2.90. The van der Waals surface area contributed by atoms with E-state index >= 15 is 0 Å². The minimum atomic E-state index is -0.779. The summed E-state index contributed by atoms with van der Waals surface area (Å²) in [7, 11) is 0. The Kier molecular flexibility index (Phi) is 4.76. The molecule has 0 spiro atoms. The van der Waals surface area contributed by atoms with Crippen LogP contribution in [0.3, 0.4) is 0 Å². The monoisotopic (exact) mass is 282 g/mol. The minimum absolute atomic E-state index is 0.144. The van der Waals surface area contributed by atoms with Crippen LogP contribution in [-0.4, -0.2) is 29.6 Å². The Morgan fingerprint density at radius 1 is 1.25 bits per heavy atom. The molecule has 2 rings (SSSR count). The Hall–Kier alpha value is -1.00. The molecule has 0 saturated carbocycles. The Bertz CT molecular complexity index is 458. The van der Waals surface area contributed by atoms with Gasteiger partial charge in [0.05, 0.1) is 0 Å². The van der Waals surface area contributed by atoms with Crippen molar-refractivity contribution in [3.8, 4) is 0 Å². The predicted octanol–water partition coefficient (Wildman–Crippen LogP) is 3.32. The second-order valence-corrected chi connectivity index (χ2v) is 5.87. The molecule has 4 heteroatoms. The van der Waals surface area contributed by atoms with Crippen molar-refractivity contribution in [2.45, 2.75) is 51.7 Å². The van der Waals surface area contributed by atoms with E-state index in [9.17, 15) is 8.78 Å². The number of benzene rings is 1. The van der Waals surface area contributed by atoms with Crippen molar-refractivity contribution >= 4 is 0 Å². The quantitative estimate of drug-likeness (QED) is 0.911. The third kappa shape index (κ3) is 3.18. The highest BCUT2D eigenvalue weighted by Crippen LogP contribution is 2.24. The molecule has 0 amide bonds. The van der Waals surface area contributed by atoms with Crippen LogP contribution in [0.4, 0.5) is 8.78 Å². The van der Waals surface area contributed by atoms with Gasteiger partial charge in [-0.1, -0.05) is 19.9 Å². The summed E-state index contributed by atoms with van der Waals surface area (Å²) in [6, 6.07) is 4.59. The molecule has 1 N–H and O–H groups in total. The van der Waals surface area contributed by atoms with Crippen molar-refractivity contribution in [1.82, 2.24) is 10.2 Å². The molecule has 1 aromatic rings. The Morgan fingerprint density at radius 3 is 2.55 bits per heavy atom. The molecular formula is C16H24F2N2. The molecule has 20 heavy (non-hydrogen) atoms. The maximum Gasteiger partial charge on any atom is 0.159 e. The molecule has 0 bridgehead atoms. The molecule has 1 aliphatic heterocycles. The minimum Gasteiger partial charge on any atom is -0.308 e. The number of nitrogens with one attached hydrogen (secondary N) is 1. The van der Waals surface area contributed by atoms with Crippen molar-refractivity contribution in [3.63, 3.8) is 0 Å². The van der Waals surface area contributed by atoms with E-state index in [-0.39, 0.29) is 5.54 Å². The molecular weight excluding hydrogens is 258 g/mol. The number of halogens is 2. The van der Waals surface area contributed by atoms with Gasteiger partial charge >= 0.3 is 0 Å². The summed E-state index contributed by atoms with van der Waals surface area (Å²) in [4.78, 5) is 2.36. The topological polar surface area (TPSA) is 15.3 Å². The number of nitrogens with zero attached hydrogens (tertiary/aromatic N) is 1. The lowest BCUT2D eigenvalue weighted by atomic mass is 9.88. The standard InChI is InChI=1S/C16H24F2N2/c1-4-16(5-2)11-20(12(3)9-19-16)10-13-6-7-14(17)15(18)8-13/h6-8,12,19H,4-5,9-11H2,1-3H3. The van der Waals surface area contributed by atoms with Crippen LogP contribution in [0.5, 0.6) is 0 Å². The van der Waals surface area contributed by atoms with Crippen LogP contribution in [0.2, 0.25) is 0 Å². The van der Waals surface area contributed by atoms with Gasteiger partial charge in [-0.25, -0.2) is 8.78 Å². The third-order valence-electron chi connectivity index (χ3n) is 4.62. The number of hydrogen-bond donors (Lipinski definition) is 1. The molecule has 0 radical (unpaired) electrons. The highest BCUT2D eigenvalue weighted by molar-refractivity contribution is 5.18. The van der Waals surface area contributed by atoms with E-state index < -0.39 is 11.6 Å². The fourth-order valence-electron chi connectivity index (χ4n) is 2.90. The molecule has 112 valence electrons. The van der Waals surface area contributed by atoms with Crippen LogP contribution in [0.25, 0.3) is 0 Å². The average Bonchev–Trinajstić information content (AvgIpc) is 2.46. The lowest BCUT2D eigenvalue weighted by Crippen LogP contribution is -2.62. The van der Waals surface area contributed by atoms with Crippen LogP contribution in [0.1, 0.15) is 39.2 Å². The lowest BCUT2D eigenvalue weighted by Gasteiger charge is -2.46. The zero-order chi connectivity index (χ0) is 14.8. The van der Waals surface area contributed by atoms with E-state index in [0.29, 0.717) is 12.6 Å². The zero-order valence-electron chi connectivity index (χ0n) is 12.5. The van der Waals surface area contributed by atoms with Gasteiger partial charge in [0, 0.05) is 31.2 Å². The lowest BCUT2D eigenvalue weighted by molar-refractivity contribution is 0.0745. The van der Waals surface area contributed by atoms with E-state index in [1.54, 1.807) is 6.07 Å². The Labute approximate surface area is 120 Å². The summed E-state index contributed by atoms with van der Waals surface area (Å²) < 4.78 is 26.3. The summed E-state index contributed by atoms with van der Waals surface area (Å²) in [5, 5.41) is 3.64. The molecule has 1 atom stereocenters. The molecule has 1 aliphatic rings. The summed E-state index contributed by atoms with van der Waals surface area (Å²) in [5.74, 6) is -1.54. The fraction of sp³-hybridized carbons (Fsp3) is 0.625. The maximum atomic E-state index is 13.3. The first-order valence-corrected chi connectivity index (χ1v) is 7.42. The maximum absolute atomic E-state index is 13.3. The normalized spacial score (nSPS) is 22.9. The summed E-state index contributed by atoms with van der Waals surface area (Å²) in [6.07, 6.45) is 2.15. The largest absolute Gasteiger partial charge is 0.308 e. The van der Waals surface area contributed by atoms with E-state index in [0.717, 1.165) is 31.5 Å². The molecule has 1 aromatic carbocycles. The molecule has 1 heterocycles. The average molecular weight is 282 g/mol. The Morgan fingerprint density at radius 2 is 1.95 bits per heavy atom. The van der Waals surface area contributed by atoms with Crippen molar-refractivity contribution in [1.29, 1.82) is 0 Å². The van der Waals surface area contributed by atoms with Gasteiger partial charge in [0.2, 0.25) is 0 Å². The van der Waals surface area contributed by atoms with Gasteiger partial charge in [-0.15, -0.1) is 0 Å². The summed E-state index contributed by atoms with van der Waals surface area (Å²) >= 11 is 0. The smallest absolute Gasteiger partial charge is 0.159 e. The first-order chi connectivity index (χ1) is 9.49. The highest BCUT2D eigenvalue weighted by Gasteiger charge is 2.34. The molecule has 1 saturated heterocycles. The zero-order valence-corrected chi connectivity index (χ0v) is 12.5. The van der Waals surface area contributed by atoms with Crippen LogP contribution in [-0.2, 0) is 6.54 Å². The summed E-state index contributed by atoms with van der Waals surface area (Å²) in [6.45, 7) is 9.11. The van der Waals surface area contributed by atoms with E-state index in [1.165, 1.54) is 12.1 Å². The van der Waals surface area contributed by atoms with E-state index in [1.807, 2.05) is 0 Å². The van der Waals surface area contributed by atoms with Gasteiger partial charge < -0.3 is 5.32 Å². The Balaban J connectivity index is 2.11. The molecule has 1 fully saturated rings. The van der Waals surface area contributed by atoms with Crippen LogP contribution >= 0.6 is 0 Å². The SMILES string of the molecule is CCC1(CC)CN(Cc2ccc(F)c(F)c2)C(C)CN1. The molecule has 2 nitrogen and oxygen atoms in total. The van der Waals surface area contributed by atoms with Gasteiger partial charge in [-0.05, 0) is 37.5 Å². The second kappa shape index (κ2) is 6.19. The van der Waals surface area contributed by atoms with Crippen LogP contribution in [0.15, 0.2) is 18.2 Å². The van der Waals surface area contributed by atoms with Crippen molar-refractivity contribution < 1.29 is 8.78 Å². The molecule has 0 aromatic heterocycles. The van der Waals surface area contributed by atoms with E-state index in [4.69, 9.17) is 0 Å². The molecule has 0 aliphatic carbocycles. The number of rotatable bonds is 4. The van der Waals surface area contributed by atoms with Crippen LogP contribution in [0, 0.1) is 11.6 Å². The van der Waals surface area contributed by atoms with E-state index in [2.05, 4.69) is 31.0 Å². The van der Waals surface area contributed by atoms with Crippen molar-refractivity contribution in [2.24, 2.45) is 0 Å². The third-order valence-corrected chi connectivity index (χ3v) is 4.62. The van der Waals surface area contributed by atoms with Gasteiger partial charge in [0.15, 0.2) is 11.6 Å². The molecule has 1 unspecified atom stereocenters. The van der Waals surface area contributed by atoms with Crippen molar-refractivity contribution in [3.05, 3.63) is 35.4 Å². The number of piperazine rings is 1. The van der Waals surface area contributed by atoms with Gasteiger partial charge in [-0.2, -0.15) is 0 Å². The van der Waals surface area contributed by atoms with Crippen LogP contribution < -0.4 is 5.32 Å².